The standard InChI is InChI=1S/C17H23NO3/c19-11-14-9-15-7-4-8-16(10-14)18(15)17(20)21-12-13-5-2-1-3-6-13/h1-3,5-6,14-16,19H,4,7-12H2. The Morgan fingerprint density at radius 2 is 1.86 bits per heavy atom. The van der Waals surface area contributed by atoms with Gasteiger partial charge >= 0.3 is 6.09 Å². The van der Waals surface area contributed by atoms with Crippen molar-refractivity contribution in [1.29, 1.82) is 0 Å². The first-order valence-electron chi connectivity index (χ1n) is 7.88. The summed E-state index contributed by atoms with van der Waals surface area (Å²) in [5, 5.41) is 9.39. The minimum atomic E-state index is -0.190. The zero-order valence-electron chi connectivity index (χ0n) is 12.3. The fraction of sp³-hybridized carbons (Fsp3) is 0.588. The molecule has 4 heteroatoms. The number of hydrogen-bond acceptors (Lipinski definition) is 3. The van der Waals surface area contributed by atoms with Gasteiger partial charge in [-0.1, -0.05) is 30.3 Å². The fourth-order valence-electron chi connectivity index (χ4n) is 3.74. The molecule has 2 unspecified atom stereocenters. The van der Waals surface area contributed by atoms with Crippen LogP contribution in [0.4, 0.5) is 4.79 Å². The number of ether oxygens (including phenoxy) is 1. The number of aliphatic hydroxyl groups is 1. The largest absolute Gasteiger partial charge is 0.445 e. The van der Waals surface area contributed by atoms with Gasteiger partial charge in [0.1, 0.15) is 6.61 Å². The van der Waals surface area contributed by atoms with Crippen LogP contribution in [0, 0.1) is 5.92 Å². The van der Waals surface area contributed by atoms with Gasteiger partial charge in [-0.25, -0.2) is 4.79 Å². The van der Waals surface area contributed by atoms with Gasteiger partial charge in [-0.15, -0.1) is 0 Å². The number of rotatable bonds is 3. The Labute approximate surface area is 125 Å². The molecule has 1 N–H and O–H groups in total. The summed E-state index contributed by atoms with van der Waals surface area (Å²) in [5.74, 6) is 0.346. The van der Waals surface area contributed by atoms with Crippen molar-refractivity contribution >= 4 is 6.09 Å². The first kappa shape index (κ1) is 14.4. The van der Waals surface area contributed by atoms with E-state index in [0.717, 1.165) is 31.2 Å². The normalized spacial score (nSPS) is 28.2. The third-order valence-electron chi connectivity index (χ3n) is 4.75. The molecule has 3 rings (SSSR count). The molecule has 114 valence electrons. The Morgan fingerprint density at radius 1 is 1.19 bits per heavy atom. The van der Waals surface area contributed by atoms with E-state index >= 15 is 0 Å². The minimum absolute atomic E-state index is 0.190. The molecule has 2 bridgehead atoms. The number of fused-ring (bicyclic) bond motifs is 2. The smallest absolute Gasteiger partial charge is 0.410 e. The molecule has 0 spiro atoms. The van der Waals surface area contributed by atoms with Gasteiger partial charge in [0.2, 0.25) is 0 Å². The molecule has 0 aromatic heterocycles. The molecule has 0 saturated carbocycles. The maximum Gasteiger partial charge on any atom is 0.410 e. The zero-order valence-corrected chi connectivity index (χ0v) is 12.3. The summed E-state index contributed by atoms with van der Waals surface area (Å²) in [4.78, 5) is 14.4. The highest BCUT2D eigenvalue weighted by Gasteiger charge is 2.41. The van der Waals surface area contributed by atoms with Gasteiger partial charge in [-0.05, 0) is 43.6 Å². The van der Waals surface area contributed by atoms with Crippen molar-refractivity contribution in [3.05, 3.63) is 35.9 Å². The molecule has 1 aromatic rings. The molecule has 0 radical (unpaired) electrons. The van der Waals surface area contributed by atoms with Crippen LogP contribution in [-0.4, -0.2) is 34.8 Å². The average Bonchev–Trinajstić information content (AvgIpc) is 2.52. The lowest BCUT2D eigenvalue weighted by atomic mass is 9.79. The molecular weight excluding hydrogens is 266 g/mol. The molecule has 2 saturated heterocycles. The Balaban J connectivity index is 1.61. The van der Waals surface area contributed by atoms with Crippen LogP contribution in [0.3, 0.4) is 0 Å². The quantitative estimate of drug-likeness (QED) is 0.930. The minimum Gasteiger partial charge on any atom is -0.445 e. The Kier molecular flexibility index (Phi) is 4.44. The number of hydrogen-bond donors (Lipinski definition) is 1. The molecule has 0 aliphatic carbocycles. The highest BCUT2D eigenvalue weighted by molar-refractivity contribution is 5.69. The van der Waals surface area contributed by atoms with Gasteiger partial charge in [0.15, 0.2) is 0 Å². The highest BCUT2D eigenvalue weighted by Crippen LogP contribution is 2.37. The second-order valence-corrected chi connectivity index (χ2v) is 6.21. The van der Waals surface area contributed by atoms with Crippen LogP contribution in [0.1, 0.15) is 37.7 Å². The number of benzene rings is 1. The third kappa shape index (κ3) is 3.21. The number of piperidine rings is 2. The van der Waals surface area contributed by atoms with E-state index < -0.39 is 0 Å². The van der Waals surface area contributed by atoms with Gasteiger partial charge < -0.3 is 14.7 Å². The van der Waals surface area contributed by atoms with Crippen molar-refractivity contribution < 1.29 is 14.6 Å². The first-order valence-corrected chi connectivity index (χ1v) is 7.88. The topological polar surface area (TPSA) is 49.8 Å². The highest BCUT2D eigenvalue weighted by atomic mass is 16.6. The van der Waals surface area contributed by atoms with E-state index in [1.165, 1.54) is 6.42 Å². The fourth-order valence-corrected chi connectivity index (χ4v) is 3.74. The first-order chi connectivity index (χ1) is 10.3. The lowest BCUT2D eigenvalue weighted by molar-refractivity contribution is -0.00668. The number of aliphatic hydroxyl groups excluding tert-OH is 1. The van der Waals surface area contributed by atoms with E-state index in [1.807, 2.05) is 35.2 Å². The summed E-state index contributed by atoms with van der Waals surface area (Å²) in [7, 11) is 0. The molecule has 2 aliphatic rings. The van der Waals surface area contributed by atoms with E-state index in [4.69, 9.17) is 4.74 Å². The maximum absolute atomic E-state index is 12.4. The van der Waals surface area contributed by atoms with E-state index in [9.17, 15) is 9.90 Å². The summed E-state index contributed by atoms with van der Waals surface area (Å²) in [5.41, 5.74) is 1.02. The second-order valence-electron chi connectivity index (χ2n) is 6.21. The van der Waals surface area contributed by atoms with Gasteiger partial charge in [0.05, 0.1) is 0 Å². The predicted molar refractivity (Wildman–Crippen MR) is 79.7 cm³/mol. The van der Waals surface area contributed by atoms with Crippen LogP contribution < -0.4 is 0 Å². The van der Waals surface area contributed by atoms with E-state index in [-0.39, 0.29) is 24.8 Å². The molecule has 2 fully saturated rings. The summed E-state index contributed by atoms with van der Waals surface area (Å²) < 4.78 is 5.50. The van der Waals surface area contributed by atoms with E-state index in [2.05, 4.69) is 0 Å². The van der Waals surface area contributed by atoms with Gasteiger partial charge in [0.25, 0.3) is 0 Å². The lowest BCUT2D eigenvalue weighted by Gasteiger charge is -2.47. The van der Waals surface area contributed by atoms with Gasteiger partial charge in [0, 0.05) is 18.7 Å². The predicted octanol–water partition coefficient (Wildman–Crippen LogP) is 2.95. The van der Waals surface area contributed by atoms with Crippen LogP contribution in [0.5, 0.6) is 0 Å². The lowest BCUT2D eigenvalue weighted by Crippen LogP contribution is -2.55. The Bertz CT molecular complexity index is 462. The molecular formula is C17H23NO3. The maximum atomic E-state index is 12.4. The van der Waals surface area contributed by atoms with Crippen molar-refractivity contribution in [2.75, 3.05) is 6.61 Å². The summed E-state index contributed by atoms with van der Waals surface area (Å²) in [6.07, 6.45) is 4.88. The van der Waals surface area contributed by atoms with E-state index in [0.29, 0.717) is 12.5 Å². The Hall–Kier alpha value is -1.55. The third-order valence-corrected chi connectivity index (χ3v) is 4.75. The molecule has 2 heterocycles. The van der Waals surface area contributed by atoms with Crippen molar-refractivity contribution in [3.8, 4) is 0 Å². The average molecular weight is 289 g/mol. The molecule has 1 aromatic carbocycles. The van der Waals surface area contributed by atoms with Gasteiger partial charge in [-0.3, -0.25) is 0 Å². The van der Waals surface area contributed by atoms with Crippen LogP contribution in [0.15, 0.2) is 30.3 Å². The van der Waals surface area contributed by atoms with Crippen molar-refractivity contribution in [2.45, 2.75) is 50.8 Å². The molecule has 2 aliphatic heterocycles. The molecule has 1 amide bonds. The van der Waals surface area contributed by atoms with Crippen LogP contribution >= 0.6 is 0 Å². The SMILES string of the molecule is O=C(OCc1ccccc1)N1C2CCCC1CC(CO)C2. The monoisotopic (exact) mass is 289 g/mol. The number of carbonyl (C=O) groups is 1. The number of carbonyl (C=O) groups excluding carboxylic acids is 1. The van der Waals surface area contributed by atoms with E-state index in [1.54, 1.807) is 0 Å². The molecule has 4 nitrogen and oxygen atoms in total. The van der Waals surface area contributed by atoms with Crippen LogP contribution in [0.25, 0.3) is 0 Å². The van der Waals surface area contributed by atoms with Crippen molar-refractivity contribution in [2.24, 2.45) is 5.92 Å². The van der Waals surface area contributed by atoms with Crippen molar-refractivity contribution in [1.82, 2.24) is 4.90 Å². The Morgan fingerprint density at radius 3 is 2.48 bits per heavy atom. The van der Waals surface area contributed by atoms with Gasteiger partial charge in [-0.2, -0.15) is 0 Å². The second kappa shape index (κ2) is 6.48. The molecule has 2 atom stereocenters. The van der Waals surface area contributed by atoms with Crippen LogP contribution in [-0.2, 0) is 11.3 Å². The van der Waals surface area contributed by atoms with Crippen LogP contribution in [0.2, 0.25) is 0 Å². The number of nitrogens with zero attached hydrogens (tertiary/aromatic N) is 1. The number of amides is 1. The summed E-state index contributed by atoms with van der Waals surface area (Å²) >= 11 is 0. The van der Waals surface area contributed by atoms with Crippen molar-refractivity contribution in [3.63, 3.8) is 0 Å². The molecule has 21 heavy (non-hydrogen) atoms. The zero-order chi connectivity index (χ0) is 14.7. The summed E-state index contributed by atoms with van der Waals surface area (Å²) in [6, 6.07) is 10.3. The summed E-state index contributed by atoms with van der Waals surface area (Å²) in [6.45, 7) is 0.568.